The van der Waals surface area contributed by atoms with Crippen molar-refractivity contribution in [2.45, 2.75) is 19.7 Å². The number of hydrogen-bond acceptors (Lipinski definition) is 2. The van der Waals surface area contributed by atoms with E-state index in [-0.39, 0.29) is 29.8 Å². The lowest BCUT2D eigenvalue weighted by Crippen LogP contribution is -2.38. The molecule has 2 aromatic carbocycles. The van der Waals surface area contributed by atoms with Crippen LogP contribution in [0.4, 0.5) is 4.39 Å². The third-order valence-corrected chi connectivity index (χ3v) is 3.74. The lowest BCUT2D eigenvalue weighted by atomic mass is 10.1. The molecule has 25 heavy (non-hydrogen) atoms. The van der Waals surface area contributed by atoms with Gasteiger partial charge in [0.1, 0.15) is 5.82 Å². The molecule has 0 saturated heterocycles. The molecule has 0 unspecified atom stereocenters. The number of rotatable bonds is 6. The van der Waals surface area contributed by atoms with Gasteiger partial charge in [-0.1, -0.05) is 36.4 Å². The molecule has 0 aliphatic rings. The normalized spacial score (nSPS) is 11.0. The summed E-state index contributed by atoms with van der Waals surface area (Å²) in [6.45, 7) is 1.81. The van der Waals surface area contributed by atoms with E-state index >= 15 is 0 Å². The molecule has 0 amide bonds. The van der Waals surface area contributed by atoms with Crippen LogP contribution < -0.4 is 5.32 Å². The van der Waals surface area contributed by atoms with Gasteiger partial charge >= 0.3 is 0 Å². The zero-order chi connectivity index (χ0) is 17.4. The van der Waals surface area contributed by atoms with E-state index in [1.54, 1.807) is 20.2 Å². The number of benzene rings is 2. The summed E-state index contributed by atoms with van der Waals surface area (Å²) >= 11 is 0. The summed E-state index contributed by atoms with van der Waals surface area (Å²) in [5, 5.41) is 3.35. The van der Waals surface area contributed by atoms with Crippen molar-refractivity contribution in [2.75, 3.05) is 21.2 Å². The van der Waals surface area contributed by atoms with E-state index in [1.165, 1.54) is 17.7 Å². The number of hydrogen-bond donors (Lipinski definition) is 1. The van der Waals surface area contributed by atoms with Gasteiger partial charge in [0.25, 0.3) is 0 Å². The number of nitrogens with one attached hydrogen (secondary N) is 1. The van der Waals surface area contributed by atoms with Crippen LogP contribution in [0.2, 0.25) is 0 Å². The SMILES string of the molecule is CN=C(NCc1ccccc1COC)N(C)Cc1cccc(F)c1.I. The van der Waals surface area contributed by atoms with Crippen LogP contribution >= 0.6 is 24.0 Å². The zero-order valence-electron chi connectivity index (χ0n) is 14.8. The Kier molecular flexibility index (Phi) is 9.44. The summed E-state index contributed by atoms with van der Waals surface area (Å²) in [5.74, 6) is 0.531. The number of halogens is 2. The Morgan fingerprint density at radius 1 is 1.16 bits per heavy atom. The highest BCUT2D eigenvalue weighted by molar-refractivity contribution is 14.0. The van der Waals surface area contributed by atoms with Gasteiger partial charge in [0.05, 0.1) is 6.61 Å². The molecule has 0 aliphatic carbocycles. The molecule has 0 spiro atoms. The predicted octanol–water partition coefficient (Wildman–Crippen LogP) is 3.80. The lowest BCUT2D eigenvalue weighted by molar-refractivity contribution is 0.184. The molecular formula is C19H25FIN3O. The predicted molar refractivity (Wildman–Crippen MR) is 111 cm³/mol. The number of aliphatic imine (C=N–C) groups is 1. The fraction of sp³-hybridized carbons (Fsp3) is 0.316. The molecule has 136 valence electrons. The molecule has 0 radical (unpaired) electrons. The van der Waals surface area contributed by atoms with Crippen LogP contribution in [0, 0.1) is 5.82 Å². The molecule has 2 aromatic rings. The van der Waals surface area contributed by atoms with Gasteiger partial charge in [0.15, 0.2) is 5.96 Å². The molecule has 0 aromatic heterocycles. The smallest absolute Gasteiger partial charge is 0.193 e. The van der Waals surface area contributed by atoms with E-state index in [0.717, 1.165) is 17.1 Å². The fourth-order valence-corrected chi connectivity index (χ4v) is 2.57. The number of ether oxygens (including phenoxy) is 1. The van der Waals surface area contributed by atoms with Gasteiger partial charge in [0.2, 0.25) is 0 Å². The highest BCUT2D eigenvalue weighted by atomic mass is 127. The van der Waals surface area contributed by atoms with Crippen molar-refractivity contribution < 1.29 is 9.13 Å². The average molecular weight is 457 g/mol. The summed E-state index contributed by atoms with van der Waals surface area (Å²) in [5.41, 5.74) is 3.22. The topological polar surface area (TPSA) is 36.9 Å². The van der Waals surface area contributed by atoms with Crippen LogP contribution in [-0.2, 0) is 24.4 Å². The molecule has 6 heteroatoms. The summed E-state index contributed by atoms with van der Waals surface area (Å²) in [6, 6.07) is 14.7. The molecule has 2 rings (SSSR count). The Morgan fingerprint density at radius 2 is 1.88 bits per heavy atom. The minimum atomic E-state index is -0.225. The Bertz CT molecular complexity index is 694. The minimum Gasteiger partial charge on any atom is -0.380 e. The van der Waals surface area contributed by atoms with E-state index < -0.39 is 0 Å². The summed E-state index contributed by atoms with van der Waals surface area (Å²) in [4.78, 5) is 6.27. The third kappa shape index (κ3) is 6.62. The van der Waals surface area contributed by atoms with Crippen molar-refractivity contribution >= 4 is 29.9 Å². The molecule has 0 heterocycles. The van der Waals surface area contributed by atoms with Crippen molar-refractivity contribution in [3.63, 3.8) is 0 Å². The van der Waals surface area contributed by atoms with E-state index in [1.807, 2.05) is 30.1 Å². The molecule has 1 N–H and O–H groups in total. The van der Waals surface area contributed by atoms with E-state index in [0.29, 0.717) is 19.7 Å². The fourth-order valence-electron chi connectivity index (χ4n) is 2.57. The summed E-state index contributed by atoms with van der Waals surface area (Å²) < 4.78 is 18.5. The number of methoxy groups -OCH3 is 1. The maximum Gasteiger partial charge on any atom is 0.193 e. The first kappa shape index (κ1) is 21.4. The average Bonchev–Trinajstić information content (AvgIpc) is 2.57. The van der Waals surface area contributed by atoms with Crippen LogP contribution in [0.1, 0.15) is 16.7 Å². The largest absolute Gasteiger partial charge is 0.380 e. The Balaban J connectivity index is 0.00000312. The Morgan fingerprint density at radius 3 is 2.52 bits per heavy atom. The van der Waals surface area contributed by atoms with Gasteiger partial charge in [-0.05, 0) is 28.8 Å². The molecule has 4 nitrogen and oxygen atoms in total. The van der Waals surface area contributed by atoms with E-state index in [2.05, 4.69) is 22.4 Å². The van der Waals surface area contributed by atoms with Crippen LogP contribution in [0.15, 0.2) is 53.5 Å². The van der Waals surface area contributed by atoms with Gasteiger partial charge in [-0.25, -0.2) is 4.39 Å². The first-order chi connectivity index (χ1) is 11.6. The van der Waals surface area contributed by atoms with Crippen molar-refractivity contribution in [3.05, 3.63) is 71.0 Å². The van der Waals surface area contributed by atoms with Crippen LogP contribution in [-0.4, -0.2) is 32.1 Å². The quantitative estimate of drug-likeness (QED) is 0.408. The highest BCUT2D eigenvalue weighted by Gasteiger charge is 2.08. The van der Waals surface area contributed by atoms with Gasteiger partial charge in [0, 0.05) is 34.3 Å². The Hall–Kier alpha value is -1.67. The number of guanidine groups is 1. The Labute approximate surface area is 166 Å². The van der Waals surface area contributed by atoms with Crippen molar-refractivity contribution in [1.82, 2.24) is 10.2 Å². The van der Waals surface area contributed by atoms with Crippen molar-refractivity contribution in [3.8, 4) is 0 Å². The summed E-state index contributed by atoms with van der Waals surface area (Å²) in [7, 11) is 5.36. The first-order valence-electron chi connectivity index (χ1n) is 7.86. The number of nitrogens with zero attached hydrogens (tertiary/aromatic N) is 2. The maximum atomic E-state index is 13.3. The monoisotopic (exact) mass is 457 g/mol. The van der Waals surface area contributed by atoms with Crippen LogP contribution in [0.25, 0.3) is 0 Å². The van der Waals surface area contributed by atoms with Crippen LogP contribution in [0.3, 0.4) is 0 Å². The second-order valence-corrected chi connectivity index (χ2v) is 5.59. The maximum absolute atomic E-state index is 13.3. The molecule has 0 saturated carbocycles. The first-order valence-corrected chi connectivity index (χ1v) is 7.86. The third-order valence-electron chi connectivity index (χ3n) is 3.74. The van der Waals surface area contributed by atoms with Crippen LogP contribution in [0.5, 0.6) is 0 Å². The van der Waals surface area contributed by atoms with Gasteiger partial charge in [-0.15, -0.1) is 24.0 Å². The molecule has 0 aliphatic heterocycles. The second-order valence-electron chi connectivity index (χ2n) is 5.59. The molecule has 0 atom stereocenters. The lowest BCUT2D eigenvalue weighted by Gasteiger charge is -2.22. The highest BCUT2D eigenvalue weighted by Crippen LogP contribution is 2.10. The van der Waals surface area contributed by atoms with Crippen molar-refractivity contribution in [2.24, 2.45) is 4.99 Å². The van der Waals surface area contributed by atoms with E-state index in [9.17, 15) is 4.39 Å². The molecule has 0 bridgehead atoms. The van der Waals surface area contributed by atoms with Crippen molar-refractivity contribution in [1.29, 1.82) is 0 Å². The second kappa shape index (κ2) is 11.0. The summed E-state index contributed by atoms with van der Waals surface area (Å²) in [6.07, 6.45) is 0. The minimum absolute atomic E-state index is 0. The molecular weight excluding hydrogens is 432 g/mol. The van der Waals surface area contributed by atoms with Gasteiger partial charge in [-0.3, -0.25) is 4.99 Å². The standard InChI is InChI=1S/C19H24FN3O.HI/c1-21-19(23(2)13-15-7-6-10-18(20)11-15)22-12-16-8-4-5-9-17(16)14-24-3;/h4-11H,12-14H2,1-3H3,(H,21,22);1H. The van der Waals surface area contributed by atoms with E-state index in [4.69, 9.17) is 4.74 Å². The molecule has 0 fully saturated rings. The van der Waals surface area contributed by atoms with Gasteiger partial charge in [-0.2, -0.15) is 0 Å². The van der Waals surface area contributed by atoms with Gasteiger partial charge < -0.3 is 15.0 Å². The zero-order valence-corrected chi connectivity index (χ0v) is 17.2.